The van der Waals surface area contributed by atoms with Gasteiger partial charge in [-0.15, -0.1) is 0 Å². The average molecular weight is 176 g/mol. The Labute approximate surface area is 72.2 Å². The second-order valence-corrected chi connectivity index (χ2v) is 2.68. The molecular weight excluding hydrogens is 160 g/mol. The standard InChI is InChI=1S/C8H16O4/c1-7(10)12-6-8(11)4-2-3-5-9/h8-9,11H,2-6H2,1H3. The Balaban J connectivity index is 3.21. The van der Waals surface area contributed by atoms with E-state index < -0.39 is 6.10 Å². The van der Waals surface area contributed by atoms with E-state index in [1.54, 1.807) is 0 Å². The van der Waals surface area contributed by atoms with Gasteiger partial charge in [0, 0.05) is 13.5 Å². The van der Waals surface area contributed by atoms with E-state index in [1.807, 2.05) is 0 Å². The Morgan fingerprint density at radius 2 is 2.17 bits per heavy atom. The summed E-state index contributed by atoms with van der Waals surface area (Å²) in [4.78, 5) is 10.3. The fraction of sp³-hybridized carbons (Fsp3) is 0.875. The van der Waals surface area contributed by atoms with Crippen molar-refractivity contribution >= 4 is 5.97 Å². The molecule has 0 heterocycles. The van der Waals surface area contributed by atoms with E-state index in [1.165, 1.54) is 6.92 Å². The van der Waals surface area contributed by atoms with Crippen LogP contribution in [0.15, 0.2) is 0 Å². The molecule has 0 aromatic rings. The summed E-state index contributed by atoms with van der Waals surface area (Å²) in [7, 11) is 0. The Kier molecular flexibility index (Phi) is 6.70. The molecule has 12 heavy (non-hydrogen) atoms. The van der Waals surface area contributed by atoms with Crippen LogP contribution in [-0.4, -0.2) is 35.5 Å². The number of aliphatic hydroxyl groups is 2. The maximum atomic E-state index is 10.3. The average Bonchev–Trinajstić information content (AvgIpc) is 2.01. The largest absolute Gasteiger partial charge is 0.463 e. The summed E-state index contributed by atoms with van der Waals surface area (Å²) in [6.07, 6.45) is 1.39. The van der Waals surface area contributed by atoms with Gasteiger partial charge in [0.05, 0.1) is 6.10 Å². The number of rotatable bonds is 6. The molecule has 2 N–H and O–H groups in total. The van der Waals surface area contributed by atoms with Gasteiger partial charge < -0.3 is 14.9 Å². The summed E-state index contributed by atoms with van der Waals surface area (Å²) in [6, 6.07) is 0. The number of carbonyl (C=O) groups excluding carboxylic acids is 1. The Morgan fingerprint density at radius 1 is 1.50 bits per heavy atom. The molecule has 0 spiro atoms. The Bertz CT molecular complexity index is 124. The lowest BCUT2D eigenvalue weighted by molar-refractivity contribution is -0.144. The number of carbonyl (C=O) groups is 1. The van der Waals surface area contributed by atoms with Crippen LogP contribution in [0.5, 0.6) is 0 Å². The van der Waals surface area contributed by atoms with Crippen LogP contribution >= 0.6 is 0 Å². The molecule has 4 nitrogen and oxygen atoms in total. The number of hydrogen-bond acceptors (Lipinski definition) is 4. The van der Waals surface area contributed by atoms with Crippen molar-refractivity contribution in [2.45, 2.75) is 32.3 Å². The minimum absolute atomic E-state index is 0.0563. The van der Waals surface area contributed by atoms with Gasteiger partial charge in [-0.05, 0) is 19.3 Å². The van der Waals surface area contributed by atoms with Gasteiger partial charge in [0.1, 0.15) is 6.61 Å². The monoisotopic (exact) mass is 176 g/mol. The zero-order valence-corrected chi connectivity index (χ0v) is 7.32. The summed E-state index contributed by atoms with van der Waals surface area (Å²) < 4.78 is 4.58. The molecule has 1 atom stereocenters. The van der Waals surface area contributed by atoms with Crippen molar-refractivity contribution in [3.63, 3.8) is 0 Å². The Hall–Kier alpha value is -0.610. The highest BCUT2D eigenvalue weighted by Crippen LogP contribution is 2.00. The fourth-order valence-corrected chi connectivity index (χ4v) is 0.789. The lowest BCUT2D eigenvalue weighted by atomic mass is 10.2. The van der Waals surface area contributed by atoms with E-state index >= 15 is 0 Å². The van der Waals surface area contributed by atoms with Gasteiger partial charge in [0.25, 0.3) is 0 Å². The maximum absolute atomic E-state index is 10.3. The summed E-state index contributed by atoms with van der Waals surface area (Å²) in [6.45, 7) is 1.50. The summed E-state index contributed by atoms with van der Waals surface area (Å²) >= 11 is 0. The highest BCUT2D eigenvalue weighted by molar-refractivity contribution is 5.65. The molecule has 1 unspecified atom stereocenters. The predicted molar refractivity (Wildman–Crippen MR) is 43.6 cm³/mol. The third-order valence-electron chi connectivity index (χ3n) is 1.42. The fourth-order valence-electron chi connectivity index (χ4n) is 0.789. The molecule has 4 heteroatoms. The topological polar surface area (TPSA) is 66.8 Å². The molecule has 0 aliphatic heterocycles. The Morgan fingerprint density at radius 3 is 2.67 bits per heavy atom. The normalized spacial score (nSPS) is 12.6. The van der Waals surface area contributed by atoms with Crippen molar-refractivity contribution in [1.29, 1.82) is 0 Å². The molecule has 0 bridgehead atoms. The third kappa shape index (κ3) is 7.50. The summed E-state index contributed by atoms with van der Waals surface area (Å²) in [5.74, 6) is -0.379. The third-order valence-corrected chi connectivity index (χ3v) is 1.42. The van der Waals surface area contributed by atoms with Crippen molar-refractivity contribution in [2.75, 3.05) is 13.2 Å². The first kappa shape index (κ1) is 11.4. The van der Waals surface area contributed by atoms with Gasteiger partial charge in [-0.2, -0.15) is 0 Å². The summed E-state index contributed by atoms with van der Waals surface area (Å²) in [5.41, 5.74) is 0. The van der Waals surface area contributed by atoms with Gasteiger partial charge in [-0.3, -0.25) is 4.79 Å². The van der Waals surface area contributed by atoms with E-state index in [9.17, 15) is 4.79 Å². The predicted octanol–water partition coefficient (Wildman–Crippen LogP) is 0.0730. The second-order valence-electron chi connectivity index (χ2n) is 2.68. The number of hydrogen-bond donors (Lipinski definition) is 2. The first-order valence-corrected chi connectivity index (χ1v) is 4.09. The molecule has 0 radical (unpaired) electrons. The zero-order chi connectivity index (χ0) is 9.40. The molecular formula is C8H16O4. The number of esters is 1. The van der Waals surface area contributed by atoms with Gasteiger partial charge >= 0.3 is 5.97 Å². The molecule has 0 rings (SSSR count). The van der Waals surface area contributed by atoms with Gasteiger partial charge in [0.2, 0.25) is 0 Å². The van der Waals surface area contributed by atoms with Crippen molar-refractivity contribution in [3.8, 4) is 0 Å². The maximum Gasteiger partial charge on any atom is 0.302 e. The molecule has 0 saturated heterocycles. The van der Waals surface area contributed by atoms with Crippen molar-refractivity contribution in [2.24, 2.45) is 0 Å². The van der Waals surface area contributed by atoms with Gasteiger partial charge in [-0.25, -0.2) is 0 Å². The first-order chi connectivity index (χ1) is 5.66. The minimum Gasteiger partial charge on any atom is -0.463 e. The van der Waals surface area contributed by atoms with Crippen LogP contribution in [0.3, 0.4) is 0 Å². The van der Waals surface area contributed by atoms with Crippen molar-refractivity contribution in [1.82, 2.24) is 0 Å². The highest BCUT2D eigenvalue weighted by Gasteiger charge is 2.04. The van der Waals surface area contributed by atoms with Crippen LogP contribution in [0, 0.1) is 0 Å². The molecule has 0 saturated carbocycles. The smallest absolute Gasteiger partial charge is 0.302 e. The van der Waals surface area contributed by atoms with Crippen molar-refractivity contribution < 1.29 is 19.7 Å². The van der Waals surface area contributed by atoms with E-state index in [0.717, 1.165) is 6.42 Å². The molecule has 0 aliphatic carbocycles. The minimum atomic E-state index is -0.597. The number of unbranched alkanes of at least 4 members (excludes halogenated alkanes) is 1. The van der Waals surface area contributed by atoms with E-state index in [-0.39, 0.29) is 19.2 Å². The van der Waals surface area contributed by atoms with Crippen LogP contribution in [0.4, 0.5) is 0 Å². The van der Waals surface area contributed by atoms with Crippen molar-refractivity contribution in [3.05, 3.63) is 0 Å². The number of ether oxygens (including phenoxy) is 1. The lowest BCUT2D eigenvalue weighted by Gasteiger charge is -2.09. The van der Waals surface area contributed by atoms with Crippen LogP contribution in [-0.2, 0) is 9.53 Å². The first-order valence-electron chi connectivity index (χ1n) is 4.09. The SMILES string of the molecule is CC(=O)OCC(O)CCCCO. The zero-order valence-electron chi connectivity index (χ0n) is 7.32. The molecule has 0 amide bonds. The lowest BCUT2D eigenvalue weighted by Crippen LogP contribution is -2.17. The molecule has 0 aromatic heterocycles. The van der Waals surface area contributed by atoms with E-state index in [2.05, 4.69) is 4.74 Å². The second kappa shape index (κ2) is 7.06. The molecule has 0 fully saturated rings. The van der Waals surface area contributed by atoms with Crippen LogP contribution < -0.4 is 0 Å². The van der Waals surface area contributed by atoms with E-state index in [0.29, 0.717) is 12.8 Å². The van der Waals surface area contributed by atoms with Crippen LogP contribution in [0.1, 0.15) is 26.2 Å². The van der Waals surface area contributed by atoms with Gasteiger partial charge in [-0.1, -0.05) is 0 Å². The molecule has 72 valence electrons. The van der Waals surface area contributed by atoms with Crippen LogP contribution in [0.25, 0.3) is 0 Å². The van der Waals surface area contributed by atoms with E-state index in [4.69, 9.17) is 10.2 Å². The van der Waals surface area contributed by atoms with Gasteiger partial charge in [0.15, 0.2) is 0 Å². The summed E-state index contributed by atoms with van der Waals surface area (Å²) in [5, 5.41) is 17.6. The molecule has 0 aliphatic rings. The van der Waals surface area contributed by atoms with Crippen LogP contribution in [0.2, 0.25) is 0 Å². The molecule has 0 aromatic carbocycles. The highest BCUT2D eigenvalue weighted by atomic mass is 16.5. The quantitative estimate of drug-likeness (QED) is 0.444. The number of aliphatic hydroxyl groups excluding tert-OH is 2.